The summed E-state index contributed by atoms with van der Waals surface area (Å²) in [7, 11) is 0. The highest BCUT2D eigenvalue weighted by Crippen LogP contribution is 2.12. The summed E-state index contributed by atoms with van der Waals surface area (Å²) in [4.78, 5) is 13.6. The highest BCUT2D eigenvalue weighted by Gasteiger charge is 2.14. The van der Waals surface area contributed by atoms with Gasteiger partial charge in [0.05, 0.1) is 0 Å². The highest BCUT2D eigenvalue weighted by atomic mass is 79.9. The lowest BCUT2D eigenvalue weighted by molar-refractivity contribution is 0.194. The van der Waals surface area contributed by atoms with E-state index in [1.54, 1.807) is 6.20 Å². The van der Waals surface area contributed by atoms with Gasteiger partial charge in [0.1, 0.15) is 0 Å². The van der Waals surface area contributed by atoms with Crippen LogP contribution >= 0.6 is 15.9 Å². The number of carbonyl (C=O) groups is 1. The molecule has 18 heavy (non-hydrogen) atoms. The first-order chi connectivity index (χ1) is 8.75. The second kappa shape index (κ2) is 6.56. The van der Waals surface area contributed by atoms with Crippen LogP contribution in [0.4, 0.5) is 4.79 Å². The van der Waals surface area contributed by atoms with Gasteiger partial charge >= 0.3 is 6.03 Å². The van der Waals surface area contributed by atoms with Crippen molar-refractivity contribution < 1.29 is 4.79 Å². The number of halogens is 1. The van der Waals surface area contributed by atoms with Gasteiger partial charge in [-0.05, 0) is 23.8 Å². The summed E-state index contributed by atoms with van der Waals surface area (Å²) in [6.45, 7) is 3.25. The lowest BCUT2D eigenvalue weighted by atomic mass is 10.2. The van der Waals surface area contributed by atoms with Crippen molar-refractivity contribution in [2.75, 3.05) is 26.2 Å². The average molecular weight is 310 g/mol. The maximum atomic E-state index is 11.8. The number of nitrogens with zero attached hydrogens (tertiary/aromatic N) is 1. The third-order valence-corrected chi connectivity index (χ3v) is 3.23. The number of nitrogens with one attached hydrogen (secondary N) is 2. The summed E-state index contributed by atoms with van der Waals surface area (Å²) in [5, 5.41) is 6.00. The number of carbonyl (C=O) groups excluding carboxylic acids is 1. The number of hydrogen-bond donors (Lipinski definition) is 2. The second-order valence-electron chi connectivity index (χ2n) is 4.07. The molecular formula is C13H16BrN3O. The van der Waals surface area contributed by atoms with E-state index in [-0.39, 0.29) is 6.03 Å². The maximum absolute atomic E-state index is 11.8. The van der Waals surface area contributed by atoms with E-state index in [0.717, 1.165) is 36.2 Å². The predicted molar refractivity (Wildman–Crippen MR) is 76.2 cm³/mol. The molecule has 0 unspecified atom stereocenters. The minimum atomic E-state index is -0.0391. The van der Waals surface area contributed by atoms with Crippen molar-refractivity contribution in [3.8, 4) is 0 Å². The zero-order valence-electron chi connectivity index (χ0n) is 10.0. The molecule has 0 saturated carbocycles. The Morgan fingerprint density at radius 3 is 2.89 bits per heavy atom. The van der Waals surface area contributed by atoms with E-state index < -0.39 is 0 Å². The predicted octanol–water partition coefficient (Wildman–Crippen LogP) is 2.03. The molecule has 1 saturated heterocycles. The molecular weight excluding hydrogens is 294 g/mol. The molecule has 1 aromatic rings. The third kappa shape index (κ3) is 3.85. The number of hydrogen-bond acceptors (Lipinski definition) is 2. The molecule has 0 aliphatic carbocycles. The van der Waals surface area contributed by atoms with Gasteiger partial charge in [-0.1, -0.05) is 28.1 Å². The van der Waals surface area contributed by atoms with Crippen LogP contribution in [0.5, 0.6) is 0 Å². The first-order valence-electron chi connectivity index (χ1n) is 5.94. The largest absolute Gasteiger partial charge is 0.322 e. The molecule has 0 bridgehead atoms. The van der Waals surface area contributed by atoms with E-state index in [4.69, 9.17) is 0 Å². The topological polar surface area (TPSA) is 44.4 Å². The minimum absolute atomic E-state index is 0.0391. The number of rotatable bonds is 2. The van der Waals surface area contributed by atoms with Crippen LogP contribution in [0.15, 0.2) is 34.9 Å². The van der Waals surface area contributed by atoms with Crippen LogP contribution in [0.2, 0.25) is 0 Å². The van der Waals surface area contributed by atoms with Gasteiger partial charge in [0, 0.05) is 36.9 Å². The molecule has 0 aromatic heterocycles. The number of piperazine rings is 1. The minimum Gasteiger partial charge on any atom is -0.322 e. The fourth-order valence-corrected chi connectivity index (χ4v) is 2.20. The first kappa shape index (κ1) is 13.1. The van der Waals surface area contributed by atoms with Gasteiger partial charge in [-0.25, -0.2) is 4.79 Å². The van der Waals surface area contributed by atoms with E-state index in [1.807, 2.05) is 35.2 Å². The molecule has 5 heteroatoms. The summed E-state index contributed by atoms with van der Waals surface area (Å²) >= 11 is 3.41. The van der Waals surface area contributed by atoms with E-state index in [0.29, 0.717) is 0 Å². The second-order valence-corrected chi connectivity index (χ2v) is 4.99. The fraction of sp³-hybridized carbons (Fsp3) is 0.308. The molecule has 1 aromatic carbocycles. The first-order valence-corrected chi connectivity index (χ1v) is 6.73. The van der Waals surface area contributed by atoms with Gasteiger partial charge in [-0.3, -0.25) is 0 Å². The van der Waals surface area contributed by atoms with Crippen LogP contribution < -0.4 is 10.6 Å². The van der Waals surface area contributed by atoms with Gasteiger partial charge in [0.25, 0.3) is 0 Å². The molecule has 0 atom stereocenters. The lowest BCUT2D eigenvalue weighted by Gasteiger charge is -2.26. The molecule has 1 heterocycles. The van der Waals surface area contributed by atoms with Crippen molar-refractivity contribution >= 4 is 28.0 Å². The molecule has 0 spiro atoms. The molecule has 2 amide bonds. The van der Waals surface area contributed by atoms with Crippen molar-refractivity contribution in [1.82, 2.24) is 15.5 Å². The Morgan fingerprint density at radius 2 is 2.17 bits per heavy atom. The van der Waals surface area contributed by atoms with E-state index in [9.17, 15) is 4.79 Å². The lowest BCUT2D eigenvalue weighted by Crippen LogP contribution is -2.49. The Bertz CT molecular complexity index is 442. The number of urea groups is 1. The quantitative estimate of drug-likeness (QED) is 0.878. The zero-order chi connectivity index (χ0) is 12.8. The standard InChI is InChI=1S/C13H16BrN3O/c14-12-3-1-2-11(10-12)4-5-16-13(18)17-8-6-15-7-9-17/h1-5,10,15H,6-9H2,(H,16,18)/b5-4+. The molecule has 4 nitrogen and oxygen atoms in total. The van der Waals surface area contributed by atoms with Crippen molar-refractivity contribution in [1.29, 1.82) is 0 Å². The van der Waals surface area contributed by atoms with E-state index in [2.05, 4.69) is 26.6 Å². The summed E-state index contributed by atoms with van der Waals surface area (Å²) < 4.78 is 1.03. The van der Waals surface area contributed by atoms with Gasteiger partial charge in [-0.2, -0.15) is 0 Å². The summed E-state index contributed by atoms with van der Waals surface area (Å²) in [5.74, 6) is 0. The van der Waals surface area contributed by atoms with Gasteiger partial charge in [-0.15, -0.1) is 0 Å². The number of amides is 2. The smallest absolute Gasteiger partial charge is 0.321 e. The normalized spacial score (nSPS) is 15.9. The number of benzene rings is 1. The van der Waals surface area contributed by atoms with Crippen molar-refractivity contribution in [2.24, 2.45) is 0 Å². The Morgan fingerprint density at radius 1 is 1.39 bits per heavy atom. The summed E-state index contributed by atoms with van der Waals surface area (Å²) in [6, 6.07) is 7.87. The third-order valence-electron chi connectivity index (χ3n) is 2.74. The van der Waals surface area contributed by atoms with Gasteiger partial charge in [0.15, 0.2) is 0 Å². The van der Waals surface area contributed by atoms with Crippen LogP contribution in [-0.4, -0.2) is 37.1 Å². The van der Waals surface area contributed by atoms with E-state index >= 15 is 0 Å². The molecule has 2 rings (SSSR count). The Kier molecular flexibility index (Phi) is 4.78. The molecule has 1 aliphatic rings. The fourth-order valence-electron chi connectivity index (χ4n) is 1.78. The van der Waals surface area contributed by atoms with Crippen molar-refractivity contribution in [3.63, 3.8) is 0 Å². The van der Waals surface area contributed by atoms with Crippen LogP contribution in [0.3, 0.4) is 0 Å². The molecule has 1 aliphatic heterocycles. The van der Waals surface area contributed by atoms with Gasteiger partial charge in [0.2, 0.25) is 0 Å². The van der Waals surface area contributed by atoms with Crippen LogP contribution in [0.1, 0.15) is 5.56 Å². The van der Waals surface area contributed by atoms with Crippen LogP contribution in [-0.2, 0) is 0 Å². The molecule has 2 N–H and O–H groups in total. The Labute approximate surface area is 115 Å². The molecule has 96 valence electrons. The average Bonchev–Trinajstić information content (AvgIpc) is 2.40. The Hall–Kier alpha value is -1.33. The zero-order valence-corrected chi connectivity index (χ0v) is 11.6. The van der Waals surface area contributed by atoms with Crippen molar-refractivity contribution in [3.05, 3.63) is 40.5 Å². The van der Waals surface area contributed by atoms with Gasteiger partial charge < -0.3 is 15.5 Å². The molecule has 1 fully saturated rings. The highest BCUT2D eigenvalue weighted by molar-refractivity contribution is 9.10. The summed E-state index contributed by atoms with van der Waals surface area (Å²) in [5.41, 5.74) is 1.05. The molecule has 0 radical (unpaired) electrons. The Balaban J connectivity index is 1.85. The summed E-state index contributed by atoms with van der Waals surface area (Å²) in [6.07, 6.45) is 3.57. The van der Waals surface area contributed by atoms with Crippen molar-refractivity contribution in [2.45, 2.75) is 0 Å². The van der Waals surface area contributed by atoms with Crippen LogP contribution in [0, 0.1) is 0 Å². The maximum Gasteiger partial charge on any atom is 0.321 e. The van der Waals surface area contributed by atoms with Crippen LogP contribution in [0.25, 0.3) is 6.08 Å². The van der Waals surface area contributed by atoms with E-state index in [1.165, 1.54) is 0 Å². The SMILES string of the molecule is O=C(N/C=C/c1cccc(Br)c1)N1CCNCC1. The monoisotopic (exact) mass is 309 g/mol.